The van der Waals surface area contributed by atoms with Crippen LogP contribution >= 0.6 is 12.4 Å². The van der Waals surface area contributed by atoms with Crippen molar-refractivity contribution in [3.63, 3.8) is 0 Å². The van der Waals surface area contributed by atoms with Crippen LogP contribution in [0.3, 0.4) is 0 Å². The first-order valence-electron chi connectivity index (χ1n) is 9.18. The van der Waals surface area contributed by atoms with Crippen LogP contribution in [0.15, 0.2) is 48.7 Å². The Morgan fingerprint density at radius 1 is 1.00 bits per heavy atom. The molecule has 1 aromatic heterocycles. The number of nitrogens with one attached hydrogen (secondary N) is 1. The second kappa shape index (κ2) is 10.0. The van der Waals surface area contributed by atoms with Crippen LogP contribution in [-0.4, -0.2) is 45.0 Å². The van der Waals surface area contributed by atoms with Gasteiger partial charge in [0.05, 0.1) is 28.9 Å². The Balaban J connectivity index is 0.000000203. The van der Waals surface area contributed by atoms with Crippen molar-refractivity contribution in [1.29, 1.82) is 0 Å². The van der Waals surface area contributed by atoms with E-state index in [4.69, 9.17) is 10.2 Å². The predicted octanol–water partition coefficient (Wildman–Crippen LogP) is 3.77. The number of carboxylic acids is 2. The van der Waals surface area contributed by atoms with Crippen molar-refractivity contribution in [3.8, 4) is 0 Å². The number of nitrogens with zero attached hydrogens (tertiary/aromatic N) is 2. The molecule has 8 heteroatoms. The summed E-state index contributed by atoms with van der Waals surface area (Å²) in [6.07, 6.45) is 4.34. The molecule has 1 aliphatic heterocycles. The lowest BCUT2D eigenvalue weighted by Gasteiger charge is -2.23. The summed E-state index contributed by atoms with van der Waals surface area (Å²) in [4.78, 5) is 21.2. The molecule has 29 heavy (non-hydrogen) atoms. The molecule has 0 aliphatic carbocycles. The van der Waals surface area contributed by atoms with Crippen LogP contribution < -0.4 is 5.32 Å². The summed E-state index contributed by atoms with van der Waals surface area (Å²) in [5, 5.41) is 26.5. The van der Waals surface area contributed by atoms with Crippen molar-refractivity contribution in [1.82, 2.24) is 15.1 Å². The first kappa shape index (κ1) is 22.4. The average molecular weight is 418 g/mol. The molecule has 4 rings (SSSR count). The predicted molar refractivity (Wildman–Crippen MR) is 113 cm³/mol. The lowest BCUT2D eigenvalue weighted by molar-refractivity contribution is 0.0696. The van der Waals surface area contributed by atoms with Gasteiger partial charge in [0.2, 0.25) is 0 Å². The van der Waals surface area contributed by atoms with Gasteiger partial charge >= 0.3 is 11.9 Å². The Morgan fingerprint density at radius 3 is 2.17 bits per heavy atom. The van der Waals surface area contributed by atoms with Gasteiger partial charge in [-0.05, 0) is 56.6 Å². The molecule has 0 amide bonds. The van der Waals surface area contributed by atoms with Gasteiger partial charge in [0.1, 0.15) is 0 Å². The molecule has 1 aliphatic rings. The van der Waals surface area contributed by atoms with Gasteiger partial charge in [0.15, 0.2) is 0 Å². The van der Waals surface area contributed by atoms with E-state index in [2.05, 4.69) is 39.4 Å². The van der Waals surface area contributed by atoms with Gasteiger partial charge in [-0.2, -0.15) is 5.10 Å². The second-order valence-electron chi connectivity index (χ2n) is 6.72. The van der Waals surface area contributed by atoms with Crippen molar-refractivity contribution < 1.29 is 19.8 Å². The van der Waals surface area contributed by atoms with Crippen molar-refractivity contribution in [3.05, 3.63) is 65.4 Å². The van der Waals surface area contributed by atoms with Crippen LogP contribution in [0.1, 0.15) is 45.2 Å². The summed E-state index contributed by atoms with van der Waals surface area (Å²) < 4.78 is 2.19. The van der Waals surface area contributed by atoms with Crippen LogP contribution in [-0.2, 0) is 0 Å². The Morgan fingerprint density at radius 2 is 1.59 bits per heavy atom. The first-order chi connectivity index (χ1) is 13.5. The molecular formula is C21H24ClN3O4. The van der Waals surface area contributed by atoms with E-state index in [0.717, 1.165) is 13.1 Å². The SMILES string of the molecule is Cc1c(C(=O)O)cccc1C(=O)O.Cl.c1ccc2c(c1)cnn2C1CCNCC1. The lowest BCUT2D eigenvalue weighted by atomic mass is 10.0. The van der Waals surface area contributed by atoms with Crippen molar-refractivity contribution >= 4 is 35.2 Å². The molecule has 1 saturated heterocycles. The maximum absolute atomic E-state index is 10.6. The normalized spacial score (nSPS) is 13.8. The summed E-state index contributed by atoms with van der Waals surface area (Å²) in [5.74, 6) is -2.22. The minimum atomic E-state index is -1.11. The molecule has 2 heterocycles. The van der Waals surface area contributed by atoms with E-state index in [1.807, 2.05) is 6.20 Å². The van der Waals surface area contributed by atoms with Crippen LogP contribution in [0, 0.1) is 6.92 Å². The third-order valence-electron chi connectivity index (χ3n) is 4.95. The van der Waals surface area contributed by atoms with E-state index in [1.165, 1.54) is 48.9 Å². The molecule has 0 bridgehead atoms. The standard InChI is InChI=1S/C12H15N3.C9H8O4.ClH/c1-2-4-12-10(3-1)9-14-15(12)11-5-7-13-8-6-11;1-5-6(8(10)11)3-2-4-7(5)9(12)13;/h1-4,9,11,13H,5-8H2;2-4H,1H3,(H,10,11)(H,12,13);1H. The summed E-state index contributed by atoms with van der Waals surface area (Å²) in [6.45, 7) is 3.70. The van der Waals surface area contributed by atoms with Gasteiger partial charge in [0, 0.05) is 5.39 Å². The smallest absolute Gasteiger partial charge is 0.335 e. The minimum absolute atomic E-state index is 0. The fourth-order valence-electron chi connectivity index (χ4n) is 3.43. The summed E-state index contributed by atoms with van der Waals surface area (Å²) in [6, 6.07) is 13.2. The van der Waals surface area contributed by atoms with E-state index in [1.54, 1.807) is 0 Å². The number of benzene rings is 2. The van der Waals surface area contributed by atoms with Crippen molar-refractivity contribution in [2.75, 3.05) is 13.1 Å². The Hall–Kier alpha value is -2.90. The molecule has 0 saturated carbocycles. The van der Waals surface area contributed by atoms with Crippen LogP contribution in [0.25, 0.3) is 10.9 Å². The summed E-state index contributed by atoms with van der Waals surface area (Å²) in [5.41, 5.74) is 1.60. The van der Waals surface area contributed by atoms with Crippen molar-refractivity contribution in [2.45, 2.75) is 25.8 Å². The topological polar surface area (TPSA) is 104 Å². The number of hydrogen-bond donors (Lipinski definition) is 3. The van der Waals surface area contributed by atoms with Gasteiger partial charge in [-0.25, -0.2) is 9.59 Å². The molecule has 2 aromatic carbocycles. The monoisotopic (exact) mass is 417 g/mol. The number of aromatic carboxylic acids is 2. The number of carbonyl (C=O) groups is 2. The van der Waals surface area contributed by atoms with Gasteiger partial charge < -0.3 is 15.5 Å². The second-order valence-corrected chi connectivity index (χ2v) is 6.72. The number of fused-ring (bicyclic) bond motifs is 1. The molecule has 0 spiro atoms. The highest BCUT2D eigenvalue weighted by molar-refractivity contribution is 5.96. The quantitative estimate of drug-likeness (QED) is 0.599. The zero-order valence-electron chi connectivity index (χ0n) is 16.0. The minimum Gasteiger partial charge on any atom is -0.478 e. The van der Waals surface area contributed by atoms with E-state index in [-0.39, 0.29) is 29.1 Å². The number of hydrogen-bond acceptors (Lipinski definition) is 4. The Labute approximate surface area is 174 Å². The molecule has 0 atom stereocenters. The van der Waals surface area contributed by atoms with Gasteiger partial charge in [-0.1, -0.05) is 24.3 Å². The number of piperidine rings is 1. The van der Waals surface area contributed by atoms with Crippen LogP contribution in [0.2, 0.25) is 0 Å². The zero-order valence-corrected chi connectivity index (χ0v) is 16.9. The highest BCUT2D eigenvalue weighted by Gasteiger charge is 2.17. The fourth-order valence-corrected chi connectivity index (χ4v) is 3.43. The van der Waals surface area contributed by atoms with E-state index >= 15 is 0 Å². The molecular weight excluding hydrogens is 394 g/mol. The van der Waals surface area contributed by atoms with Crippen LogP contribution in [0.4, 0.5) is 0 Å². The molecule has 3 aromatic rings. The van der Waals surface area contributed by atoms with E-state index in [9.17, 15) is 9.59 Å². The average Bonchev–Trinajstić information content (AvgIpc) is 3.13. The third-order valence-corrected chi connectivity index (χ3v) is 4.95. The van der Waals surface area contributed by atoms with Crippen LogP contribution in [0.5, 0.6) is 0 Å². The van der Waals surface area contributed by atoms with Gasteiger partial charge in [-0.15, -0.1) is 12.4 Å². The number of halogens is 1. The molecule has 1 fully saturated rings. The summed E-state index contributed by atoms with van der Waals surface area (Å²) >= 11 is 0. The Kier molecular flexibility index (Phi) is 7.75. The summed E-state index contributed by atoms with van der Waals surface area (Å²) in [7, 11) is 0. The zero-order chi connectivity index (χ0) is 20.1. The largest absolute Gasteiger partial charge is 0.478 e. The number of aromatic nitrogens is 2. The molecule has 154 valence electrons. The van der Waals surface area contributed by atoms with Gasteiger partial charge in [-0.3, -0.25) is 4.68 Å². The number of carboxylic acid groups (broad SMARTS) is 2. The van der Waals surface area contributed by atoms with Gasteiger partial charge in [0.25, 0.3) is 0 Å². The van der Waals surface area contributed by atoms with E-state index in [0.29, 0.717) is 6.04 Å². The van der Waals surface area contributed by atoms with Crippen molar-refractivity contribution in [2.24, 2.45) is 0 Å². The maximum Gasteiger partial charge on any atom is 0.335 e. The maximum atomic E-state index is 10.6. The highest BCUT2D eigenvalue weighted by Crippen LogP contribution is 2.23. The number of para-hydroxylation sites is 1. The molecule has 0 radical (unpaired) electrons. The third kappa shape index (κ3) is 5.13. The lowest BCUT2D eigenvalue weighted by Crippen LogP contribution is -2.29. The fraction of sp³-hybridized carbons (Fsp3) is 0.286. The Bertz CT molecular complexity index is 964. The first-order valence-corrected chi connectivity index (χ1v) is 9.18. The molecule has 7 nitrogen and oxygen atoms in total. The molecule has 0 unspecified atom stereocenters. The van der Waals surface area contributed by atoms with E-state index < -0.39 is 11.9 Å². The highest BCUT2D eigenvalue weighted by atomic mass is 35.5. The molecule has 3 N–H and O–H groups in total. The number of rotatable bonds is 3.